The minimum absolute atomic E-state index is 0.0682. The number of aromatic amines is 1. The van der Waals surface area contributed by atoms with Crippen LogP contribution in [0, 0.1) is 12.8 Å². The van der Waals surface area contributed by atoms with E-state index >= 15 is 0 Å². The van der Waals surface area contributed by atoms with E-state index in [2.05, 4.69) is 15.3 Å². The van der Waals surface area contributed by atoms with E-state index in [1.165, 1.54) is 4.90 Å². The lowest BCUT2D eigenvalue weighted by Gasteiger charge is -2.33. The van der Waals surface area contributed by atoms with Crippen LogP contribution in [0.3, 0.4) is 0 Å². The fourth-order valence-corrected chi connectivity index (χ4v) is 4.56. The number of aromatic nitrogens is 2. The molecular formula is C23H29N5O4. The Labute approximate surface area is 186 Å². The second-order valence-electron chi connectivity index (χ2n) is 8.70. The van der Waals surface area contributed by atoms with E-state index in [0.29, 0.717) is 44.5 Å². The first-order valence-electron chi connectivity index (χ1n) is 11.3. The lowest BCUT2D eigenvalue weighted by Crippen LogP contribution is -2.45. The maximum Gasteiger partial charge on any atom is 0.229 e. The quantitative estimate of drug-likeness (QED) is 0.671. The van der Waals surface area contributed by atoms with Crippen LogP contribution in [0.25, 0.3) is 11.0 Å². The highest BCUT2D eigenvalue weighted by Gasteiger charge is 2.29. The monoisotopic (exact) mass is 439 g/mol. The molecule has 1 unspecified atom stereocenters. The van der Waals surface area contributed by atoms with Crippen molar-refractivity contribution in [2.24, 2.45) is 5.92 Å². The first-order chi connectivity index (χ1) is 15.4. The Hall–Kier alpha value is -3.23. The van der Waals surface area contributed by atoms with Crippen LogP contribution in [0.15, 0.2) is 18.2 Å². The summed E-state index contributed by atoms with van der Waals surface area (Å²) in [5, 5.41) is 2.94. The van der Waals surface area contributed by atoms with Crippen molar-refractivity contribution in [2.45, 2.75) is 51.9 Å². The van der Waals surface area contributed by atoms with Gasteiger partial charge in [0.2, 0.25) is 23.6 Å². The predicted molar refractivity (Wildman–Crippen MR) is 119 cm³/mol. The summed E-state index contributed by atoms with van der Waals surface area (Å²) in [4.78, 5) is 59.6. The van der Waals surface area contributed by atoms with E-state index in [1.54, 1.807) is 4.90 Å². The number of imidazole rings is 1. The maximum atomic E-state index is 12.7. The molecule has 4 amide bonds. The number of rotatable bonds is 6. The van der Waals surface area contributed by atoms with Crippen LogP contribution in [0.2, 0.25) is 0 Å². The van der Waals surface area contributed by atoms with Crippen molar-refractivity contribution in [2.75, 3.05) is 25.0 Å². The number of likely N-dealkylation sites (tertiary alicyclic amines) is 2. The summed E-state index contributed by atoms with van der Waals surface area (Å²) < 4.78 is 0. The molecule has 170 valence electrons. The molecule has 4 rings (SSSR count). The number of hydrogen-bond donors (Lipinski definition) is 2. The van der Waals surface area contributed by atoms with Gasteiger partial charge in [0.1, 0.15) is 5.82 Å². The van der Waals surface area contributed by atoms with E-state index in [4.69, 9.17) is 0 Å². The maximum absolute atomic E-state index is 12.7. The Bertz CT molecular complexity index is 1030. The van der Waals surface area contributed by atoms with E-state index in [1.807, 2.05) is 25.1 Å². The minimum Gasteiger partial charge on any atom is -0.342 e. The Balaban J connectivity index is 1.27. The second-order valence-corrected chi connectivity index (χ2v) is 8.70. The van der Waals surface area contributed by atoms with Crippen LogP contribution in [0.1, 0.15) is 50.8 Å². The van der Waals surface area contributed by atoms with Crippen LogP contribution >= 0.6 is 0 Å². The molecule has 2 N–H and O–H groups in total. The zero-order chi connectivity index (χ0) is 22.7. The van der Waals surface area contributed by atoms with Gasteiger partial charge in [-0.1, -0.05) is 0 Å². The van der Waals surface area contributed by atoms with Gasteiger partial charge < -0.3 is 15.2 Å². The second kappa shape index (κ2) is 9.50. The number of amides is 4. The molecule has 0 saturated carbocycles. The average molecular weight is 440 g/mol. The number of H-pyrrole nitrogens is 1. The highest BCUT2D eigenvalue weighted by Crippen LogP contribution is 2.23. The van der Waals surface area contributed by atoms with Gasteiger partial charge in [-0.3, -0.25) is 24.1 Å². The molecule has 9 nitrogen and oxygen atoms in total. The Morgan fingerprint density at radius 3 is 2.75 bits per heavy atom. The van der Waals surface area contributed by atoms with E-state index in [9.17, 15) is 19.2 Å². The Morgan fingerprint density at radius 2 is 1.97 bits per heavy atom. The number of imide groups is 1. The molecule has 3 heterocycles. The molecule has 2 aromatic rings. The number of anilines is 1. The standard InChI is InChI=1S/C23H29N5O4/c1-15-24-18-8-7-17(13-19(18)25-15)26-20(29)12-16-4-3-10-27(14-16)21(30)9-11-28-22(31)5-2-6-23(28)32/h7-8,13,16H,2-6,9-12,14H2,1H3,(H,24,25)(H,26,29). The van der Waals surface area contributed by atoms with E-state index in [0.717, 1.165) is 29.7 Å². The van der Waals surface area contributed by atoms with E-state index in [-0.39, 0.29) is 42.5 Å². The molecule has 9 heteroatoms. The third-order valence-corrected chi connectivity index (χ3v) is 6.16. The molecule has 0 radical (unpaired) electrons. The van der Waals surface area contributed by atoms with Gasteiger partial charge in [0, 0.05) is 51.0 Å². The van der Waals surface area contributed by atoms with Crippen molar-refractivity contribution >= 4 is 40.3 Å². The van der Waals surface area contributed by atoms with E-state index < -0.39 is 0 Å². The number of benzene rings is 1. The minimum atomic E-state index is -0.189. The fourth-order valence-electron chi connectivity index (χ4n) is 4.56. The molecule has 1 aromatic heterocycles. The Morgan fingerprint density at radius 1 is 1.19 bits per heavy atom. The van der Waals surface area contributed by atoms with Crippen LogP contribution in [0.4, 0.5) is 5.69 Å². The number of nitrogens with zero attached hydrogens (tertiary/aromatic N) is 3. The molecule has 0 bridgehead atoms. The van der Waals surface area contributed by atoms with Crippen LogP contribution in [-0.4, -0.2) is 63.0 Å². The third kappa shape index (κ3) is 5.15. The van der Waals surface area contributed by atoms with Crippen LogP contribution in [0.5, 0.6) is 0 Å². The van der Waals surface area contributed by atoms with Gasteiger partial charge in [-0.2, -0.15) is 0 Å². The zero-order valence-corrected chi connectivity index (χ0v) is 18.4. The lowest BCUT2D eigenvalue weighted by atomic mass is 9.94. The van der Waals surface area contributed by atoms with Gasteiger partial charge in [0.15, 0.2) is 0 Å². The first kappa shape index (κ1) is 22.0. The first-order valence-corrected chi connectivity index (χ1v) is 11.3. The molecule has 0 spiro atoms. The third-order valence-electron chi connectivity index (χ3n) is 6.16. The number of aryl methyl sites for hydroxylation is 1. The van der Waals surface area contributed by atoms with Crippen LogP contribution < -0.4 is 5.32 Å². The Kier molecular flexibility index (Phi) is 6.53. The highest BCUT2D eigenvalue weighted by atomic mass is 16.2. The topological polar surface area (TPSA) is 115 Å². The van der Waals surface area contributed by atoms with Crippen molar-refractivity contribution in [3.63, 3.8) is 0 Å². The summed E-state index contributed by atoms with van der Waals surface area (Å²) in [6, 6.07) is 5.57. The number of nitrogens with one attached hydrogen (secondary N) is 2. The molecule has 2 aliphatic rings. The van der Waals surface area contributed by atoms with Crippen LogP contribution in [-0.2, 0) is 19.2 Å². The highest BCUT2D eigenvalue weighted by molar-refractivity contribution is 5.98. The summed E-state index contributed by atoms with van der Waals surface area (Å²) in [6.45, 7) is 3.20. The summed E-state index contributed by atoms with van der Waals surface area (Å²) >= 11 is 0. The number of fused-ring (bicyclic) bond motifs is 1. The zero-order valence-electron chi connectivity index (χ0n) is 18.4. The van der Waals surface area contributed by atoms with Gasteiger partial charge in [0.25, 0.3) is 0 Å². The summed E-state index contributed by atoms with van der Waals surface area (Å²) in [5.74, 6) is 0.385. The molecule has 2 fully saturated rings. The number of hydrogen-bond acceptors (Lipinski definition) is 5. The summed E-state index contributed by atoms with van der Waals surface area (Å²) in [6.07, 6.45) is 3.53. The van der Waals surface area contributed by atoms with Crippen molar-refractivity contribution in [1.82, 2.24) is 19.8 Å². The molecule has 1 aromatic carbocycles. The normalized spacial score (nSPS) is 19.5. The molecule has 2 saturated heterocycles. The smallest absolute Gasteiger partial charge is 0.229 e. The van der Waals surface area contributed by atoms with Gasteiger partial charge in [-0.25, -0.2) is 4.98 Å². The molecule has 2 aliphatic heterocycles. The largest absolute Gasteiger partial charge is 0.342 e. The van der Waals surface area contributed by atoms with Gasteiger partial charge in [-0.15, -0.1) is 0 Å². The average Bonchev–Trinajstić information content (AvgIpc) is 3.12. The van der Waals surface area contributed by atoms with Crippen molar-refractivity contribution in [3.05, 3.63) is 24.0 Å². The van der Waals surface area contributed by atoms with Crippen molar-refractivity contribution in [1.29, 1.82) is 0 Å². The van der Waals surface area contributed by atoms with Gasteiger partial charge >= 0.3 is 0 Å². The summed E-state index contributed by atoms with van der Waals surface area (Å²) in [5.41, 5.74) is 2.45. The predicted octanol–water partition coefficient (Wildman–Crippen LogP) is 2.37. The number of carbonyl (C=O) groups excluding carboxylic acids is 4. The SMILES string of the molecule is Cc1nc2ccc(NC(=O)CC3CCCN(C(=O)CCN4C(=O)CCCC4=O)C3)cc2[nH]1. The summed E-state index contributed by atoms with van der Waals surface area (Å²) in [7, 11) is 0. The van der Waals surface area contributed by atoms with Crippen molar-refractivity contribution in [3.8, 4) is 0 Å². The molecular weight excluding hydrogens is 410 g/mol. The van der Waals surface area contributed by atoms with Gasteiger partial charge in [0.05, 0.1) is 11.0 Å². The molecule has 1 atom stereocenters. The van der Waals surface area contributed by atoms with Crippen molar-refractivity contribution < 1.29 is 19.2 Å². The molecule has 0 aliphatic carbocycles. The fraction of sp³-hybridized carbons (Fsp3) is 0.522. The number of piperidine rings is 2. The van der Waals surface area contributed by atoms with Gasteiger partial charge in [-0.05, 0) is 50.3 Å². The lowest BCUT2D eigenvalue weighted by molar-refractivity contribution is -0.148. The molecule has 32 heavy (non-hydrogen) atoms. The number of carbonyl (C=O) groups is 4.